The van der Waals surface area contributed by atoms with Gasteiger partial charge in [0.05, 0.1) is 0 Å². The van der Waals surface area contributed by atoms with Crippen LogP contribution in [0.15, 0.2) is 16.9 Å². The van der Waals surface area contributed by atoms with Gasteiger partial charge in [-0.05, 0) is 44.2 Å². The van der Waals surface area contributed by atoms with E-state index < -0.39 is 0 Å². The van der Waals surface area contributed by atoms with E-state index in [2.05, 4.69) is 12.2 Å². The van der Waals surface area contributed by atoms with E-state index in [1.165, 1.54) is 11.3 Å². The average Bonchev–Trinajstić information content (AvgIpc) is 2.44. The third-order valence-corrected chi connectivity index (χ3v) is 3.79. The van der Waals surface area contributed by atoms with Crippen LogP contribution in [0.1, 0.15) is 49.9 Å². The number of rotatable bonds is 6. The number of nitrogens with one attached hydrogen (secondary N) is 1. The summed E-state index contributed by atoms with van der Waals surface area (Å²) in [7, 11) is 0. The van der Waals surface area contributed by atoms with Crippen LogP contribution in [-0.2, 0) is 13.0 Å². The largest absolute Gasteiger partial charge is 0.396 e. The molecule has 0 aromatic carbocycles. The summed E-state index contributed by atoms with van der Waals surface area (Å²) < 4.78 is 1.85. The molecule has 0 fully saturated rings. The van der Waals surface area contributed by atoms with Crippen molar-refractivity contribution in [3.05, 3.63) is 33.7 Å². The molecule has 0 saturated heterocycles. The first-order chi connectivity index (χ1) is 9.27. The fourth-order valence-corrected chi connectivity index (χ4v) is 2.87. The molecule has 4 heteroatoms. The summed E-state index contributed by atoms with van der Waals surface area (Å²) in [4.78, 5) is 12.0. The summed E-state index contributed by atoms with van der Waals surface area (Å²) in [6.07, 6.45) is 5.00. The first kappa shape index (κ1) is 14.3. The zero-order chi connectivity index (χ0) is 13.7. The molecule has 0 radical (unpaired) electrons. The van der Waals surface area contributed by atoms with Crippen LogP contribution in [0.3, 0.4) is 0 Å². The number of aromatic nitrogens is 1. The molecule has 0 bridgehead atoms. The summed E-state index contributed by atoms with van der Waals surface area (Å²) in [6.45, 7) is 3.94. The summed E-state index contributed by atoms with van der Waals surface area (Å²) in [5, 5.41) is 12.5. The second kappa shape index (κ2) is 6.87. The number of pyridine rings is 1. The van der Waals surface area contributed by atoms with Crippen LogP contribution in [-0.4, -0.2) is 22.8 Å². The summed E-state index contributed by atoms with van der Waals surface area (Å²) in [5.41, 5.74) is 2.50. The standard InChI is InChI=1S/C15H24N2O2/c1-2-9-16-13-5-3-6-14-12(13)7-8-15(19)17(14)10-4-11-18/h7-8,13,16,18H,2-6,9-11H2,1H3. The van der Waals surface area contributed by atoms with Crippen molar-refractivity contribution >= 4 is 0 Å². The number of fused-ring (bicyclic) bond motifs is 1. The van der Waals surface area contributed by atoms with Crippen LogP contribution in [0, 0.1) is 0 Å². The van der Waals surface area contributed by atoms with Gasteiger partial charge < -0.3 is 15.0 Å². The van der Waals surface area contributed by atoms with Gasteiger partial charge in [-0.2, -0.15) is 0 Å². The molecule has 1 unspecified atom stereocenters. The number of aliphatic hydroxyl groups is 1. The fourth-order valence-electron chi connectivity index (χ4n) is 2.87. The second-order valence-corrected chi connectivity index (χ2v) is 5.20. The van der Waals surface area contributed by atoms with Gasteiger partial charge in [0.15, 0.2) is 0 Å². The molecule has 1 atom stereocenters. The highest BCUT2D eigenvalue weighted by atomic mass is 16.3. The Morgan fingerprint density at radius 2 is 2.32 bits per heavy atom. The predicted molar refractivity (Wildman–Crippen MR) is 76.4 cm³/mol. The average molecular weight is 264 g/mol. The molecule has 1 aliphatic carbocycles. The maximum absolute atomic E-state index is 12.0. The third kappa shape index (κ3) is 3.25. The highest BCUT2D eigenvalue weighted by Gasteiger charge is 2.22. The molecule has 1 heterocycles. The highest BCUT2D eigenvalue weighted by molar-refractivity contribution is 5.27. The molecule has 0 saturated carbocycles. The normalized spacial score (nSPS) is 18.3. The van der Waals surface area contributed by atoms with E-state index in [1.807, 2.05) is 10.6 Å². The molecular formula is C15H24N2O2. The molecule has 0 aliphatic heterocycles. The minimum atomic E-state index is 0.0586. The zero-order valence-corrected chi connectivity index (χ0v) is 11.7. The van der Waals surface area contributed by atoms with E-state index in [-0.39, 0.29) is 12.2 Å². The van der Waals surface area contributed by atoms with E-state index in [4.69, 9.17) is 5.11 Å². The number of aliphatic hydroxyl groups excluding tert-OH is 1. The molecule has 1 aromatic heterocycles. The minimum Gasteiger partial charge on any atom is -0.396 e. The summed E-state index contributed by atoms with van der Waals surface area (Å²) >= 11 is 0. The van der Waals surface area contributed by atoms with Gasteiger partial charge in [0.1, 0.15) is 0 Å². The summed E-state index contributed by atoms with van der Waals surface area (Å²) in [5.74, 6) is 0. The molecule has 2 N–H and O–H groups in total. The van der Waals surface area contributed by atoms with Crippen molar-refractivity contribution in [3.63, 3.8) is 0 Å². The van der Waals surface area contributed by atoms with Gasteiger partial charge in [-0.25, -0.2) is 0 Å². The molecular weight excluding hydrogens is 240 g/mol. The van der Waals surface area contributed by atoms with Crippen LogP contribution in [0.4, 0.5) is 0 Å². The van der Waals surface area contributed by atoms with Gasteiger partial charge in [0.2, 0.25) is 0 Å². The molecule has 2 rings (SSSR count). The Bertz CT molecular complexity index is 468. The Morgan fingerprint density at radius 3 is 3.05 bits per heavy atom. The van der Waals surface area contributed by atoms with Crippen molar-refractivity contribution in [2.45, 2.75) is 51.6 Å². The Labute approximate surface area is 114 Å². The Hall–Kier alpha value is -1.13. The summed E-state index contributed by atoms with van der Waals surface area (Å²) in [6, 6.07) is 4.03. The highest BCUT2D eigenvalue weighted by Crippen LogP contribution is 2.28. The fraction of sp³-hybridized carbons (Fsp3) is 0.667. The Balaban J connectivity index is 2.29. The lowest BCUT2D eigenvalue weighted by Crippen LogP contribution is -2.32. The van der Waals surface area contributed by atoms with Gasteiger partial charge in [-0.1, -0.05) is 13.0 Å². The zero-order valence-electron chi connectivity index (χ0n) is 11.7. The maximum Gasteiger partial charge on any atom is 0.250 e. The number of hydrogen-bond donors (Lipinski definition) is 2. The molecule has 106 valence electrons. The third-order valence-electron chi connectivity index (χ3n) is 3.79. The smallest absolute Gasteiger partial charge is 0.250 e. The van der Waals surface area contributed by atoms with Gasteiger partial charge in [0.25, 0.3) is 5.56 Å². The Kier molecular flexibility index (Phi) is 5.16. The van der Waals surface area contributed by atoms with Crippen LogP contribution in [0.25, 0.3) is 0 Å². The van der Waals surface area contributed by atoms with E-state index in [0.29, 0.717) is 19.0 Å². The first-order valence-electron chi connectivity index (χ1n) is 7.34. The molecule has 4 nitrogen and oxygen atoms in total. The maximum atomic E-state index is 12.0. The van der Waals surface area contributed by atoms with Crippen molar-refractivity contribution in [3.8, 4) is 0 Å². The number of nitrogens with zero attached hydrogens (tertiary/aromatic N) is 1. The van der Waals surface area contributed by atoms with Gasteiger partial charge in [-0.3, -0.25) is 4.79 Å². The predicted octanol–water partition coefficient (Wildman–Crippen LogP) is 1.61. The molecule has 0 spiro atoms. The minimum absolute atomic E-state index is 0.0586. The molecule has 19 heavy (non-hydrogen) atoms. The van der Waals surface area contributed by atoms with Gasteiger partial charge in [0, 0.05) is 31.0 Å². The molecule has 1 aromatic rings. The lowest BCUT2D eigenvalue weighted by Gasteiger charge is -2.28. The van der Waals surface area contributed by atoms with Crippen molar-refractivity contribution in [1.82, 2.24) is 9.88 Å². The van der Waals surface area contributed by atoms with E-state index in [1.54, 1.807) is 6.07 Å². The Morgan fingerprint density at radius 1 is 1.47 bits per heavy atom. The van der Waals surface area contributed by atoms with Crippen molar-refractivity contribution < 1.29 is 5.11 Å². The number of hydrogen-bond acceptors (Lipinski definition) is 3. The van der Waals surface area contributed by atoms with E-state index >= 15 is 0 Å². The SMILES string of the molecule is CCCNC1CCCc2c1ccc(=O)n2CCCO. The monoisotopic (exact) mass is 264 g/mol. The van der Waals surface area contributed by atoms with Crippen LogP contribution >= 0.6 is 0 Å². The van der Waals surface area contributed by atoms with Crippen molar-refractivity contribution in [1.29, 1.82) is 0 Å². The van der Waals surface area contributed by atoms with Crippen LogP contribution < -0.4 is 10.9 Å². The molecule has 0 amide bonds. The van der Waals surface area contributed by atoms with Crippen molar-refractivity contribution in [2.24, 2.45) is 0 Å². The van der Waals surface area contributed by atoms with Crippen molar-refractivity contribution in [2.75, 3.05) is 13.2 Å². The lowest BCUT2D eigenvalue weighted by molar-refractivity contribution is 0.277. The van der Waals surface area contributed by atoms with Gasteiger partial charge in [-0.15, -0.1) is 0 Å². The van der Waals surface area contributed by atoms with Crippen LogP contribution in [0.2, 0.25) is 0 Å². The first-order valence-corrected chi connectivity index (χ1v) is 7.34. The second-order valence-electron chi connectivity index (χ2n) is 5.20. The topological polar surface area (TPSA) is 54.3 Å². The van der Waals surface area contributed by atoms with E-state index in [0.717, 1.165) is 32.2 Å². The quantitative estimate of drug-likeness (QED) is 0.820. The van der Waals surface area contributed by atoms with Crippen LogP contribution in [0.5, 0.6) is 0 Å². The van der Waals surface area contributed by atoms with E-state index in [9.17, 15) is 4.79 Å². The molecule has 1 aliphatic rings. The van der Waals surface area contributed by atoms with Gasteiger partial charge >= 0.3 is 0 Å². The lowest BCUT2D eigenvalue weighted by atomic mass is 9.90.